The topological polar surface area (TPSA) is 89.8 Å². The molecule has 0 bridgehead atoms. The van der Waals surface area contributed by atoms with Gasteiger partial charge in [0.25, 0.3) is 5.91 Å². The number of carbonyl (C=O) groups is 2. The molecule has 0 spiro atoms. The molecule has 0 saturated carbocycles. The molecule has 2 N–H and O–H groups in total. The fourth-order valence-corrected chi connectivity index (χ4v) is 3.07. The third kappa shape index (κ3) is 4.54. The number of aryl methyl sites for hydroxylation is 2. The molecule has 1 aromatic carbocycles. The standard InChI is InChI=1S/C19H24N2O5/c1-24-9-8-20-18(22)11-21-19(23)12-25-13-6-7-17-15(10-13)14-4-2-3-5-16(14)26-17/h6-7,10H,2-5,8-9,11-12H2,1H3,(H,20,22)(H,21,23). The minimum absolute atomic E-state index is 0.0832. The summed E-state index contributed by atoms with van der Waals surface area (Å²) in [5, 5.41) is 6.22. The number of benzene rings is 1. The van der Waals surface area contributed by atoms with Gasteiger partial charge < -0.3 is 24.5 Å². The van der Waals surface area contributed by atoms with Crippen molar-refractivity contribution < 1.29 is 23.5 Å². The van der Waals surface area contributed by atoms with Crippen LogP contribution in [-0.2, 0) is 27.2 Å². The number of furan rings is 1. The zero-order valence-electron chi connectivity index (χ0n) is 14.9. The van der Waals surface area contributed by atoms with Crippen LogP contribution in [-0.4, -0.2) is 45.2 Å². The molecule has 1 heterocycles. The van der Waals surface area contributed by atoms with Crippen molar-refractivity contribution >= 4 is 22.8 Å². The van der Waals surface area contributed by atoms with Crippen LogP contribution in [0.25, 0.3) is 11.0 Å². The molecular formula is C19H24N2O5. The lowest BCUT2D eigenvalue weighted by molar-refractivity contribution is -0.127. The lowest BCUT2D eigenvalue weighted by Gasteiger charge is -2.09. The van der Waals surface area contributed by atoms with Gasteiger partial charge in [-0.25, -0.2) is 0 Å². The molecule has 1 aliphatic carbocycles. The molecule has 0 radical (unpaired) electrons. The van der Waals surface area contributed by atoms with Crippen LogP contribution in [0.2, 0.25) is 0 Å². The molecule has 7 nitrogen and oxygen atoms in total. The number of ether oxygens (including phenoxy) is 2. The predicted octanol–water partition coefficient (Wildman–Crippen LogP) is 1.57. The third-order valence-electron chi connectivity index (χ3n) is 4.37. The number of methoxy groups -OCH3 is 1. The van der Waals surface area contributed by atoms with Crippen LogP contribution in [0.3, 0.4) is 0 Å². The van der Waals surface area contributed by atoms with E-state index in [1.54, 1.807) is 13.2 Å². The Morgan fingerprint density at radius 1 is 1.15 bits per heavy atom. The summed E-state index contributed by atoms with van der Waals surface area (Å²) in [4.78, 5) is 23.4. The smallest absolute Gasteiger partial charge is 0.258 e. The van der Waals surface area contributed by atoms with Crippen molar-refractivity contribution in [2.75, 3.05) is 33.4 Å². The van der Waals surface area contributed by atoms with Crippen LogP contribution in [0.4, 0.5) is 0 Å². The van der Waals surface area contributed by atoms with Gasteiger partial charge in [0, 0.05) is 31.0 Å². The van der Waals surface area contributed by atoms with E-state index in [0.717, 1.165) is 36.0 Å². The van der Waals surface area contributed by atoms with Crippen molar-refractivity contribution in [2.45, 2.75) is 25.7 Å². The first-order chi connectivity index (χ1) is 12.7. The average molecular weight is 360 g/mol. The van der Waals surface area contributed by atoms with Gasteiger partial charge in [-0.1, -0.05) is 0 Å². The predicted molar refractivity (Wildman–Crippen MR) is 96.2 cm³/mol. The number of nitrogens with one attached hydrogen (secondary N) is 2. The molecule has 26 heavy (non-hydrogen) atoms. The van der Waals surface area contributed by atoms with E-state index in [1.807, 2.05) is 12.1 Å². The average Bonchev–Trinajstić information content (AvgIpc) is 3.03. The zero-order chi connectivity index (χ0) is 18.4. The van der Waals surface area contributed by atoms with E-state index in [4.69, 9.17) is 13.9 Å². The summed E-state index contributed by atoms with van der Waals surface area (Å²) in [5.41, 5.74) is 2.12. The number of hydrogen-bond acceptors (Lipinski definition) is 5. The molecule has 1 aliphatic rings. The van der Waals surface area contributed by atoms with E-state index in [1.165, 1.54) is 12.0 Å². The van der Waals surface area contributed by atoms with E-state index in [-0.39, 0.29) is 25.0 Å². The molecule has 0 aliphatic heterocycles. The number of rotatable bonds is 8. The molecule has 2 amide bonds. The van der Waals surface area contributed by atoms with Crippen molar-refractivity contribution in [3.63, 3.8) is 0 Å². The molecule has 0 saturated heterocycles. The SMILES string of the molecule is COCCNC(=O)CNC(=O)COc1ccc2oc3c(c2c1)CCCC3. The maximum absolute atomic E-state index is 11.8. The van der Waals surface area contributed by atoms with Crippen LogP contribution in [0.1, 0.15) is 24.2 Å². The van der Waals surface area contributed by atoms with Gasteiger partial charge in [0.2, 0.25) is 5.91 Å². The second-order valence-corrected chi connectivity index (χ2v) is 6.28. The number of amides is 2. The van der Waals surface area contributed by atoms with Gasteiger partial charge in [-0.15, -0.1) is 0 Å². The molecular weight excluding hydrogens is 336 g/mol. The van der Waals surface area contributed by atoms with Crippen LogP contribution in [0, 0.1) is 0 Å². The van der Waals surface area contributed by atoms with E-state index >= 15 is 0 Å². The number of carbonyl (C=O) groups excluding carboxylic acids is 2. The summed E-state index contributed by atoms with van der Waals surface area (Å²) in [6.45, 7) is 0.622. The summed E-state index contributed by atoms with van der Waals surface area (Å²) < 4.78 is 16.3. The van der Waals surface area contributed by atoms with Gasteiger partial charge in [-0.05, 0) is 37.5 Å². The maximum atomic E-state index is 11.8. The number of fused-ring (bicyclic) bond motifs is 3. The van der Waals surface area contributed by atoms with E-state index in [9.17, 15) is 9.59 Å². The summed E-state index contributed by atoms with van der Waals surface area (Å²) in [5.74, 6) is 1.08. The maximum Gasteiger partial charge on any atom is 0.258 e. The lowest BCUT2D eigenvalue weighted by atomic mass is 9.96. The third-order valence-corrected chi connectivity index (χ3v) is 4.37. The highest BCUT2D eigenvalue weighted by Gasteiger charge is 2.18. The molecule has 0 unspecified atom stereocenters. The van der Waals surface area contributed by atoms with Gasteiger partial charge in [0.15, 0.2) is 6.61 Å². The van der Waals surface area contributed by atoms with Crippen molar-refractivity contribution in [3.8, 4) is 5.75 Å². The summed E-state index contributed by atoms with van der Waals surface area (Å²) in [6, 6.07) is 5.60. The zero-order valence-corrected chi connectivity index (χ0v) is 14.9. The second kappa shape index (κ2) is 8.71. The highest BCUT2D eigenvalue weighted by molar-refractivity contribution is 5.86. The monoisotopic (exact) mass is 360 g/mol. The Labute approximate surface area is 152 Å². The molecule has 2 aromatic rings. The second-order valence-electron chi connectivity index (χ2n) is 6.28. The normalized spacial score (nSPS) is 13.3. The highest BCUT2D eigenvalue weighted by atomic mass is 16.5. The Kier molecular flexibility index (Phi) is 6.12. The van der Waals surface area contributed by atoms with Gasteiger partial charge >= 0.3 is 0 Å². The Balaban J connectivity index is 1.50. The van der Waals surface area contributed by atoms with Crippen LogP contribution in [0.5, 0.6) is 5.75 Å². The van der Waals surface area contributed by atoms with E-state index < -0.39 is 0 Å². The van der Waals surface area contributed by atoms with E-state index in [2.05, 4.69) is 10.6 Å². The Bertz CT molecular complexity index is 784. The van der Waals surface area contributed by atoms with Gasteiger partial charge in [-0.3, -0.25) is 9.59 Å². The highest BCUT2D eigenvalue weighted by Crippen LogP contribution is 2.33. The van der Waals surface area contributed by atoms with Crippen molar-refractivity contribution in [1.29, 1.82) is 0 Å². The Hall–Kier alpha value is -2.54. The molecule has 1 aromatic heterocycles. The first kappa shape index (κ1) is 18.3. The largest absolute Gasteiger partial charge is 0.484 e. The summed E-state index contributed by atoms with van der Waals surface area (Å²) in [6.07, 6.45) is 4.33. The van der Waals surface area contributed by atoms with Crippen LogP contribution in [0.15, 0.2) is 22.6 Å². The Morgan fingerprint density at radius 3 is 2.85 bits per heavy atom. The summed E-state index contributed by atoms with van der Waals surface area (Å²) >= 11 is 0. The molecule has 3 rings (SSSR count). The first-order valence-electron chi connectivity index (χ1n) is 8.87. The lowest BCUT2D eigenvalue weighted by Crippen LogP contribution is -2.39. The van der Waals surface area contributed by atoms with Crippen molar-refractivity contribution in [1.82, 2.24) is 10.6 Å². The molecule has 0 fully saturated rings. The minimum atomic E-state index is -0.346. The molecule has 140 valence electrons. The van der Waals surface area contributed by atoms with E-state index in [0.29, 0.717) is 18.9 Å². The fraction of sp³-hybridized carbons (Fsp3) is 0.474. The fourth-order valence-electron chi connectivity index (χ4n) is 3.07. The Morgan fingerprint density at radius 2 is 2.00 bits per heavy atom. The van der Waals surface area contributed by atoms with Crippen LogP contribution < -0.4 is 15.4 Å². The number of hydrogen-bond donors (Lipinski definition) is 2. The molecule has 0 atom stereocenters. The van der Waals surface area contributed by atoms with Gasteiger partial charge in [-0.2, -0.15) is 0 Å². The van der Waals surface area contributed by atoms with Crippen molar-refractivity contribution in [3.05, 3.63) is 29.5 Å². The minimum Gasteiger partial charge on any atom is -0.484 e. The summed E-state index contributed by atoms with van der Waals surface area (Å²) in [7, 11) is 1.56. The van der Waals surface area contributed by atoms with Crippen molar-refractivity contribution in [2.24, 2.45) is 0 Å². The quantitative estimate of drug-likeness (QED) is 0.698. The van der Waals surface area contributed by atoms with Gasteiger partial charge in [0.05, 0.1) is 13.2 Å². The first-order valence-corrected chi connectivity index (χ1v) is 8.87. The molecule has 7 heteroatoms. The van der Waals surface area contributed by atoms with Crippen LogP contribution >= 0.6 is 0 Å². The van der Waals surface area contributed by atoms with Gasteiger partial charge in [0.1, 0.15) is 17.1 Å².